The Kier molecular flexibility index (Phi) is 4.62. The number of pyridine rings is 1. The van der Waals surface area contributed by atoms with Gasteiger partial charge in [-0.15, -0.1) is 0 Å². The summed E-state index contributed by atoms with van der Waals surface area (Å²) in [7, 11) is 1.71. The molecule has 0 saturated heterocycles. The number of esters is 1. The Morgan fingerprint density at radius 1 is 1.17 bits per heavy atom. The Morgan fingerprint density at radius 3 is 2.55 bits per heavy atom. The zero-order chi connectivity index (χ0) is 20.7. The molecule has 4 rings (SSSR count). The van der Waals surface area contributed by atoms with Crippen LogP contribution in [0.1, 0.15) is 29.5 Å². The summed E-state index contributed by atoms with van der Waals surface area (Å²) in [4.78, 5) is 26.2. The molecule has 0 aliphatic carbocycles. The summed E-state index contributed by atoms with van der Waals surface area (Å²) in [5, 5.41) is 0.757. The smallest absolute Gasteiger partial charge is 0.340 e. The number of carbonyl (C=O) groups excluding carboxylic acids is 1. The first kappa shape index (κ1) is 18.8. The van der Waals surface area contributed by atoms with Crippen LogP contribution in [0.2, 0.25) is 0 Å². The lowest BCUT2D eigenvalue weighted by atomic mass is 9.82. The normalized spacial score (nSPS) is 15.8. The number of nitrogens with two attached hydrogens (primary N) is 1. The maximum Gasteiger partial charge on any atom is 0.340 e. The van der Waals surface area contributed by atoms with Gasteiger partial charge in [0.1, 0.15) is 11.3 Å². The number of carbonyl (C=O) groups is 1. The van der Waals surface area contributed by atoms with Crippen LogP contribution in [0.15, 0.2) is 64.8 Å². The molecule has 0 amide bonds. The van der Waals surface area contributed by atoms with Crippen molar-refractivity contribution in [2.45, 2.75) is 19.8 Å². The lowest BCUT2D eigenvalue weighted by Gasteiger charge is -2.29. The number of para-hydroxylation sites is 1. The third kappa shape index (κ3) is 2.97. The van der Waals surface area contributed by atoms with E-state index in [1.165, 1.54) is 0 Å². The van der Waals surface area contributed by atoms with Crippen molar-refractivity contribution < 1.29 is 14.3 Å². The Labute approximate surface area is 168 Å². The van der Waals surface area contributed by atoms with Crippen LogP contribution >= 0.6 is 0 Å². The van der Waals surface area contributed by atoms with Gasteiger partial charge in [0.15, 0.2) is 0 Å². The van der Waals surface area contributed by atoms with Gasteiger partial charge >= 0.3 is 5.97 Å². The van der Waals surface area contributed by atoms with Gasteiger partial charge < -0.3 is 19.8 Å². The monoisotopic (exact) mass is 390 g/mol. The summed E-state index contributed by atoms with van der Waals surface area (Å²) < 4.78 is 12.7. The molecule has 2 heterocycles. The van der Waals surface area contributed by atoms with E-state index < -0.39 is 11.9 Å². The Hall–Kier alpha value is -3.54. The summed E-state index contributed by atoms with van der Waals surface area (Å²) in [6, 6.07) is 15.1. The molecule has 1 aliphatic rings. The largest absolute Gasteiger partial charge is 0.462 e. The second-order valence-corrected chi connectivity index (χ2v) is 7.07. The van der Waals surface area contributed by atoms with Gasteiger partial charge in [0.2, 0.25) is 5.88 Å². The zero-order valence-electron chi connectivity index (χ0n) is 16.6. The number of hydrogen-bond acceptors (Lipinski definition) is 5. The van der Waals surface area contributed by atoms with Crippen LogP contribution in [0.25, 0.3) is 10.9 Å². The predicted molar refractivity (Wildman–Crippen MR) is 111 cm³/mol. The number of aryl methyl sites for hydroxylation is 2. The van der Waals surface area contributed by atoms with Crippen LogP contribution < -0.4 is 16.0 Å². The lowest BCUT2D eigenvalue weighted by molar-refractivity contribution is -0.139. The van der Waals surface area contributed by atoms with E-state index in [-0.39, 0.29) is 23.6 Å². The Morgan fingerprint density at radius 2 is 1.86 bits per heavy atom. The molecule has 2 N–H and O–H groups in total. The van der Waals surface area contributed by atoms with Gasteiger partial charge in [-0.25, -0.2) is 4.79 Å². The lowest BCUT2D eigenvalue weighted by Crippen LogP contribution is -2.34. The Bertz CT molecular complexity index is 1210. The van der Waals surface area contributed by atoms with Crippen molar-refractivity contribution in [3.8, 4) is 5.75 Å². The fraction of sp³-hybridized carbons (Fsp3) is 0.217. The van der Waals surface area contributed by atoms with Crippen molar-refractivity contribution in [2.24, 2.45) is 12.8 Å². The highest BCUT2D eigenvalue weighted by atomic mass is 16.5. The number of fused-ring (bicyclic) bond motifs is 3. The van der Waals surface area contributed by atoms with E-state index >= 15 is 0 Å². The van der Waals surface area contributed by atoms with E-state index in [0.29, 0.717) is 11.3 Å². The minimum Gasteiger partial charge on any atom is -0.462 e. The molecule has 1 aliphatic heterocycles. The van der Waals surface area contributed by atoms with Crippen LogP contribution in [0.5, 0.6) is 5.75 Å². The first-order chi connectivity index (χ1) is 13.9. The molecule has 1 aromatic heterocycles. The van der Waals surface area contributed by atoms with E-state index in [0.717, 1.165) is 22.0 Å². The molecule has 0 saturated carbocycles. The van der Waals surface area contributed by atoms with Gasteiger partial charge in [-0.05, 0) is 31.5 Å². The summed E-state index contributed by atoms with van der Waals surface area (Å²) in [6.45, 7) is 3.89. The number of nitrogens with zero attached hydrogens (tertiary/aromatic N) is 1. The molecule has 2 aromatic carbocycles. The van der Waals surface area contributed by atoms with Crippen molar-refractivity contribution in [1.82, 2.24) is 4.57 Å². The predicted octanol–water partition coefficient (Wildman–Crippen LogP) is 3.10. The van der Waals surface area contributed by atoms with E-state index in [1.807, 2.05) is 55.5 Å². The average Bonchev–Trinajstić information content (AvgIpc) is 2.72. The van der Waals surface area contributed by atoms with Gasteiger partial charge in [-0.2, -0.15) is 0 Å². The van der Waals surface area contributed by atoms with Gasteiger partial charge in [0, 0.05) is 12.4 Å². The van der Waals surface area contributed by atoms with E-state index in [2.05, 4.69) is 0 Å². The second-order valence-electron chi connectivity index (χ2n) is 7.07. The number of benzene rings is 2. The standard InChI is InChI=1S/C23H22N2O4/c1-4-28-23(27)19-17(14-11-9-13(2)10-12-14)18-20(29-21(19)24)15-7-5-6-8-16(15)25(3)22(18)26/h5-12,17H,4,24H2,1-3H3. The second kappa shape index (κ2) is 7.13. The van der Waals surface area contributed by atoms with Crippen molar-refractivity contribution in [3.63, 3.8) is 0 Å². The van der Waals surface area contributed by atoms with Gasteiger partial charge in [0.05, 0.1) is 23.6 Å². The molecule has 3 aromatic rings. The molecular weight excluding hydrogens is 368 g/mol. The molecule has 1 atom stereocenters. The number of rotatable bonds is 3. The minimum absolute atomic E-state index is 0.0417. The third-order valence-electron chi connectivity index (χ3n) is 5.25. The summed E-state index contributed by atoms with van der Waals surface area (Å²) in [6.07, 6.45) is 0. The van der Waals surface area contributed by atoms with Crippen LogP contribution in [0.4, 0.5) is 0 Å². The number of ether oxygens (including phenoxy) is 2. The summed E-state index contributed by atoms with van der Waals surface area (Å²) >= 11 is 0. The number of aromatic nitrogens is 1. The van der Waals surface area contributed by atoms with E-state index in [1.54, 1.807) is 18.5 Å². The average molecular weight is 390 g/mol. The molecule has 0 radical (unpaired) electrons. The topological polar surface area (TPSA) is 83.6 Å². The summed E-state index contributed by atoms with van der Waals surface area (Å²) in [5.41, 5.74) is 9.08. The van der Waals surface area contributed by atoms with Gasteiger partial charge in [-0.3, -0.25) is 4.79 Å². The van der Waals surface area contributed by atoms with Crippen molar-refractivity contribution in [2.75, 3.05) is 6.61 Å². The first-order valence-corrected chi connectivity index (χ1v) is 9.46. The molecule has 1 unspecified atom stereocenters. The Balaban J connectivity index is 2.08. The molecule has 29 heavy (non-hydrogen) atoms. The summed E-state index contributed by atoms with van der Waals surface area (Å²) in [5.74, 6) is -0.919. The third-order valence-corrected chi connectivity index (χ3v) is 5.25. The molecule has 0 bridgehead atoms. The highest BCUT2D eigenvalue weighted by Crippen LogP contribution is 2.43. The SMILES string of the molecule is CCOC(=O)C1=C(N)Oc2c(c(=O)n(C)c3ccccc23)C1c1ccc(C)cc1. The molecule has 148 valence electrons. The first-order valence-electron chi connectivity index (χ1n) is 9.46. The van der Waals surface area contributed by atoms with Crippen LogP contribution in [0, 0.1) is 6.92 Å². The molecule has 0 spiro atoms. The zero-order valence-corrected chi connectivity index (χ0v) is 16.6. The van der Waals surface area contributed by atoms with Crippen molar-refractivity contribution >= 4 is 16.9 Å². The maximum atomic E-state index is 13.4. The van der Waals surface area contributed by atoms with Gasteiger partial charge in [-0.1, -0.05) is 42.0 Å². The highest BCUT2D eigenvalue weighted by molar-refractivity contribution is 5.95. The van der Waals surface area contributed by atoms with Crippen molar-refractivity contribution in [3.05, 3.63) is 87.0 Å². The van der Waals surface area contributed by atoms with Crippen LogP contribution in [-0.4, -0.2) is 17.1 Å². The number of hydrogen-bond donors (Lipinski definition) is 1. The van der Waals surface area contributed by atoms with E-state index in [9.17, 15) is 9.59 Å². The molecule has 6 heteroatoms. The van der Waals surface area contributed by atoms with Crippen LogP contribution in [0.3, 0.4) is 0 Å². The molecule has 6 nitrogen and oxygen atoms in total. The van der Waals surface area contributed by atoms with Crippen LogP contribution in [-0.2, 0) is 16.6 Å². The molecule has 0 fully saturated rings. The minimum atomic E-state index is -0.679. The van der Waals surface area contributed by atoms with E-state index in [4.69, 9.17) is 15.2 Å². The quantitative estimate of drug-likeness (QED) is 0.695. The maximum absolute atomic E-state index is 13.4. The highest BCUT2D eigenvalue weighted by Gasteiger charge is 2.38. The van der Waals surface area contributed by atoms with Gasteiger partial charge in [0.25, 0.3) is 5.56 Å². The molecular formula is C23H22N2O4. The van der Waals surface area contributed by atoms with Crippen molar-refractivity contribution in [1.29, 1.82) is 0 Å². The fourth-order valence-corrected chi connectivity index (χ4v) is 3.83. The fourth-order valence-electron chi connectivity index (χ4n) is 3.83.